The van der Waals surface area contributed by atoms with Crippen molar-refractivity contribution in [1.29, 1.82) is 0 Å². The van der Waals surface area contributed by atoms with E-state index in [4.69, 9.17) is 0 Å². The number of rotatable bonds is 3. The molecule has 0 aliphatic carbocycles. The van der Waals surface area contributed by atoms with Gasteiger partial charge in [-0.15, -0.1) is 5.10 Å². The molecule has 0 fully saturated rings. The molecule has 0 bridgehead atoms. The van der Waals surface area contributed by atoms with E-state index in [1.54, 1.807) is 17.1 Å². The Labute approximate surface area is 110 Å². The van der Waals surface area contributed by atoms with Crippen molar-refractivity contribution in [3.8, 4) is 16.9 Å². The van der Waals surface area contributed by atoms with E-state index in [1.165, 1.54) is 0 Å². The van der Waals surface area contributed by atoms with Crippen LogP contribution in [0, 0.1) is 0 Å². The number of aromatic nitrogens is 4. The molecular weight excluding hydrogens is 240 g/mol. The lowest BCUT2D eigenvalue weighted by Crippen LogP contribution is -2.00. The van der Waals surface area contributed by atoms with Crippen LogP contribution in [0.1, 0.15) is 5.56 Å². The number of para-hydroxylation sites is 1. The number of aliphatic hydroxyl groups is 1. The normalized spacial score (nSPS) is 10.6. The van der Waals surface area contributed by atoms with Crippen LogP contribution in [0.4, 0.5) is 0 Å². The Hall–Kier alpha value is -2.53. The van der Waals surface area contributed by atoms with Crippen molar-refractivity contribution >= 4 is 0 Å². The van der Waals surface area contributed by atoms with E-state index >= 15 is 0 Å². The second-order valence-corrected chi connectivity index (χ2v) is 4.08. The molecule has 5 nitrogen and oxygen atoms in total. The number of hydrogen-bond acceptors (Lipinski definition) is 4. The van der Waals surface area contributed by atoms with Crippen LogP contribution in [-0.4, -0.2) is 25.1 Å². The Morgan fingerprint density at radius 3 is 2.79 bits per heavy atom. The van der Waals surface area contributed by atoms with E-state index in [9.17, 15) is 5.11 Å². The summed E-state index contributed by atoms with van der Waals surface area (Å²) in [4.78, 5) is 4.06. The summed E-state index contributed by atoms with van der Waals surface area (Å²) < 4.78 is 1.66. The molecular formula is C14H12N4O. The maximum Gasteiger partial charge on any atom is 0.115 e. The van der Waals surface area contributed by atoms with Crippen molar-refractivity contribution < 1.29 is 5.11 Å². The SMILES string of the molecule is OCc1ccccc1-n1cc(-c2cccnc2)nn1. The van der Waals surface area contributed by atoms with E-state index in [2.05, 4.69) is 15.3 Å². The van der Waals surface area contributed by atoms with Crippen molar-refractivity contribution in [2.24, 2.45) is 0 Å². The molecule has 0 amide bonds. The van der Waals surface area contributed by atoms with Gasteiger partial charge in [-0.1, -0.05) is 23.4 Å². The molecule has 0 spiro atoms. The molecule has 2 heterocycles. The van der Waals surface area contributed by atoms with Crippen molar-refractivity contribution in [2.45, 2.75) is 6.61 Å². The van der Waals surface area contributed by atoms with E-state index < -0.39 is 0 Å². The highest BCUT2D eigenvalue weighted by molar-refractivity contribution is 5.56. The van der Waals surface area contributed by atoms with Gasteiger partial charge >= 0.3 is 0 Å². The van der Waals surface area contributed by atoms with Gasteiger partial charge in [0.2, 0.25) is 0 Å². The van der Waals surface area contributed by atoms with E-state index in [1.807, 2.05) is 42.6 Å². The van der Waals surface area contributed by atoms with Gasteiger partial charge in [0, 0.05) is 23.5 Å². The number of hydrogen-bond donors (Lipinski definition) is 1. The second kappa shape index (κ2) is 4.99. The maximum atomic E-state index is 9.33. The fraction of sp³-hybridized carbons (Fsp3) is 0.0714. The minimum Gasteiger partial charge on any atom is -0.392 e. The minimum atomic E-state index is -0.0295. The fourth-order valence-corrected chi connectivity index (χ4v) is 1.90. The topological polar surface area (TPSA) is 63.8 Å². The molecule has 0 aliphatic rings. The van der Waals surface area contributed by atoms with Crippen LogP contribution >= 0.6 is 0 Å². The molecule has 0 unspecified atom stereocenters. The second-order valence-electron chi connectivity index (χ2n) is 4.08. The molecule has 19 heavy (non-hydrogen) atoms. The highest BCUT2D eigenvalue weighted by atomic mass is 16.3. The highest BCUT2D eigenvalue weighted by Crippen LogP contribution is 2.18. The van der Waals surface area contributed by atoms with E-state index in [0.29, 0.717) is 0 Å². The Kier molecular flexibility index (Phi) is 3.04. The predicted octanol–water partition coefficient (Wildman–Crippen LogP) is 1.82. The zero-order chi connectivity index (χ0) is 13.1. The summed E-state index contributed by atoms with van der Waals surface area (Å²) in [5.74, 6) is 0. The summed E-state index contributed by atoms with van der Waals surface area (Å²) in [5.41, 5.74) is 3.30. The first-order chi connectivity index (χ1) is 9.38. The van der Waals surface area contributed by atoms with Gasteiger partial charge in [0.25, 0.3) is 0 Å². The van der Waals surface area contributed by atoms with Gasteiger partial charge in [0.05, 0.1) is 18.5 Å². The molecule has 0 radical (unpaired) electrons. The molecule has 0 aliphatic heterocycles. The Morgan fingerprint density at radius 2 is 2.00 bits per heavy atom. The van der Waals surface area contributed by atoms with E-state index in [-0.39, 0.29) is 6.61 Å². The van der Waals surface area contributed by atoms with Gasteiger partial charge in [-0.25, -0.2) is 4.68 Å². The Morgan fingerprint density at radius 1 is 1.11 bits per heavy atom. The Balaban J connectivity index is 2.02. The van der Waals surface area contributed by atoms with Crippen LogP contribution in [0.5, 0.6) is 0 Å². The van der Waals surface area contributed by atoms with Crippen LogP contribution in [0.3, 0.4) is 0 Å². The van der Waals surface area contributed by atoms with Gasteiger partial charge < -0.3 is 5.11 Å². The van der Waals surface area contributed by atoms with Crippen LogP contribution in [0.25, 0.3) is 16.9 Å². The summed E-state index contributed by atoms with van der Waals surface area (Å²) in [6, 6.07) is 11.3. The van der Waals surface area contributed by atoms with Crippen molar-refractivity contribution in [3.63, 3.8) is 0 Å². The first-order valence-corrected chi connectivity index (χ1v) is 5.90. The third-order valence-corrected chi connectivity index (χ3v) is 2.86. The summed E-state index contributed by atoms with van der Waals surface area (Å²) >= 11 is 0. The highest BCUT2D eigenvalue weighted by Gasteiger charge is 2.07. The summed E-state index contributed by atoms with van der Waals surface area (Å²) in [6.07, 6.45) is 5.28. The van der Waals surface area contributed by atoms with Gasteiger partial charge in [-0.2, -0.15) is 0 Å². The molecule has 3 aromatic rings. The van der Waals surface area contributed by atoms with Gasteiger partial charge in [0.1, 0.15) is 5.69 Å². The average molecular weight is 252 g/mol. The molecule has 0 saturated carbocycles. The fourth-order valence-electron chi connectivity index (χ4n) is 1.90. The maximum absolute atomic E-state index is 9.33. The molecule has 1 N–H and O–H groups in total. The lowest BCUT2D eigenvalue weighted by Gasteiger charge is -2.05. The van der Waals surface area contributed by atoms with Gasteiger partial charge in [0.15, 0.2) is 0 Å². The van der Waals surface area contributed by atoms with Gasteiger partial charge in [-0.3, -0.25) is 4.98 Å². The monoisotopic (exact) mass is 252 g/mol. The van der Waals surface area contributed by atoms with Crippen molar-refractivity contribution in [2.75, 3.05) is 0 Å². The van der Waals surface area contributed by atoms with Crippen LogP contribution < -0.4 is 0 Å². The number of nitrogens with zero attached hydrogens (tertiary/aromatic N) is 4. The first kappa shape index (κ1) is 11.6. The van der Waals surface area contributed by atoms with Crippen molar-refractivity contribution in [1.82, 2.24) is 20.0 Å². The lowest BCUT2D eigenvalue weighted by atomic mass is 10.2. The zero-order valence-electron chi connectivity index (χ0n) is 10.1. The third-order valence-electron chi connectivity index (χ3n) is 2.86. The standard InChI is InChI=1S/C14H12N4O/c19-10-12-4-1-2-6-14(12)18-9-13(16-17-18)11-5-3-7-15-8-11/h1-9,19H,10H2. The predicted molar refractivity (Wildman–Crippen MR) is 70.5 cm³/mol. The van der Waals surface area contributed by atoms with Crippen LogP contribution in [0.2, 0.25) is 0 Å². The molecule has 0 saturated heterocycles. The zero-order valence-corrected chi connectivity index (χ0v) is 10.1. The molecule has 2 aromatic heterocycles. The molecule has 3 rings (SSSR count). The summed E-state index contributed by atoms with van der Waals surface area (Å²) in [7, 11) is 0. The third kappa shape index (κ3) is 2.23. The molecule has 94 valence electrons. The quantitative estimate of drug-likeness (QED) is 0.772. The number of pyridine rings is 1. The first-order valence-electron chi connectivity index (χ1n) is 5.90. The van der Waals surface area contributed by atoms with Gasteiger partial charge in [-0.05, 0) is 18.2 Å². The largest absolute Gasteiger partial charge is 0.392 e. The van der Waals surface area contributed by atoms with Crippen molar-refractivity contribution in [3.05, 3.63) is 60.6 Å². The molecule has 0 atom stereocenters. The smallest absolute Gasteiger partial charge is 0.115 e. The Bertz CT molecular complexity index is 679. The number of benzene rings is 1. The summed E-state index contributed by atoms with van der Waals surface area (Å²) in [5, 5.41) is 17.6. The minimum absolute atomic E-state index is 0.0295. The average Bonchev–Trinajstić information content (AvgIpc) is 2.98. The number of aliphatic hydroxyl groups excluding tert-OH is 1. The van der Waals surface area contributed by atoms with Crippen LogP contribution in [-0.2, 0) is 6.61 Å². The van der Waals surface area contributed by atoms with E-state index in [0.717, 1.165) is 22.5 Å². The molecule has 5 heteroatoms. The lowest BCUT2D eigenvalue weighted by molar-refractivity contribution is 0.281. The van der Waals surface area contributed by atoms with Crippen LogP contribution in [0.15, 0.2) is 55.0 Å². The summed E-state index contributed by atoms with van der Waals surface area (Å²) in [6.45, 7) is -0.0295. The molecule has 1 aromatic carbocycles.